The van der Waals surface area contributed by atoms with E-state index < -0.39 is 0 Å². The number of nitrogens with one attached hydrogen (secondary N) is 1. The molecule has 0 atom stereocenters. The first-order valence-corrected chi connectivity index (χ1v) is 10.1. The number of likely N-dealkylation sites (tertiary alicyclic amines) is 1. The minimum Gasteiger partial charge on any atom is -0.326 e. The lowest BCUT2D eigenvalue weighted by atomic mass is 9.99. The van der Waals surface area contributed by atoms with Crippen LogP contribution in [0.4, 0.5) is 11.4 Å². The number of piperidine rings is 1. The SMILES string of the molecule is O=CN(c1ccc2c(c1)CCC(=O)N2)C1CCN(CC(=O)c2ccccc2)CC1. The summed E-state index contributed by atoms with van der Waals surface area (Å²) in [6.45, 7) is 1.99. The van der Waals surface area contributed by atoms with Gasteiger partial charge in [-0.15, -0.1) is 0 Å². The lowest BCUT2D eigenvalue weighted by Gasteiger charge is -2.36. The lowest BCUT2D eigenvalue weighted by molar-refractivity contribution is -0.116. The van der Waals surface area contributed by atoms with Gasteiger partial charge in [0, 0.05) is 42.5 Å². The van der Waals surface area contributed by atoms with Crippen LogP contribution < -0.4 is 10.2 Å². The molecule has 29 heavy (non-hydrogen) atoms. The number of carbonyl (C=O) groups excluding carboxylic acids is 3. The van der Waals surface area contributed by atoms with Gasteiger partial charge in [0.05, 0.1) is 6.54 Å². The van der Waals surface area contributed by atoms with Crippen LogP contribution >= 0.6 is 0 Å². The van der Waals surface area contributed by atoms with Crippen LogP contribution in [0.3, 0.4) is 0 Å². The van der Waals surface area contributed by atoms with Crippen LogP contribution in [-0.2, 0) is 16.0 Å². The molecular formula is C23H25N3O3. The molecule has 2 amide bonds. The molecule has 2 aromatic rings. The Morgan fingerprint density at radius 1 is 1.10 bits per heavy atom. The van der Waals surface area contributed by atoms with Gasteiger partial charge in [-0.1, -0.05) is 30.3 Å². The fourth-order valence-corrected chi connectivity index (χ4v) is 4.16. The number of benzene rings is 2. The van der Waals surface area contributed by atoms with E-state index in [0.717, 1.165) is 54.8 Å². The standard InChI is InChI=1S/C23H25N3O3/c27-16-26(20-7-8-21-18(14-20)6-9-23(29)24-21)19-10-12-25(13-11-19)15-22(28)17-4-2-1-3-5-17/h1-5,7-8,14,16,19H,6,9-13,15H2,(H,24,29). The first-order valence-electron chi connectivity index (χ1n) is 10.1. The van der Waals surface area contributed by atoms with Gasteiger partial charge in [0.2, 0.25) is 12.3 Å². The summed E-state index contributed by atoms with van der Waals surface area (Å²) >= 11 is 0. The van der Waals surface area contributed by atoms with Gasteiger partial charge in [-0.05, 0) is 43.0 Å². The molecular weight excluding hydrogens is 366 g/mol. The molecule has 150 valence electrons. The number of ketones is 1. The second-order valence-corrected chi connectivity index (χ2v) is 7.70. The quantitative estimate of drug-likeness (QED) is 0.607. The van der Waals surface area contributed by atoms with Crippen molar-refractivity contribution in [1.29, 1.82) is 0 Å². The molecule has 0 bridgehead atoms. The predicted molar refractivity (Wildman–Crippen MR) is 112 cm³/mol. The van der Waals surface area contributed by atoms with Gasteiger partial charge < -0.3 is 10.2 Å². The highest BCUT2D eigenvalue weighted by atomic mass is 16.2. The van der Waals surface area contributed by atoms with Crippen molar-refractivity contribution in [2.75, 3.05) is 29.9 Å². The highest BCUT2D eigenvalue weighted by Crippen LogP contribution is 2.29. The van der Waals surface area contributed by atoms with E-state index in [2.05, 4.69) is 10.2 Å². The Kier molecular flexibility index (Phi) is 5.71. The zero-order valence-electron chi connectivity index (χ0n) is 16.3. The molecule has 0 spiro atoms. The maximum absolute atomic E-state index is 12.4. The smallest absolute Gasteiger partial charge is 0.224 e. The summed E-state index contributed by atoms with van der Waals surface area (Å²) in [5, 5.41) is 2.88. The summed E-state index contributed by atoms with van der Waals surface area (Å²) in [5.41, 5.74) is 3.52. The van der Waals surface area contributed by atoms with Gasteiger partial charge in [-0.3, -0.25) is 19.3 Å². The van der Waals surface area contributed by atoms with Crippen molar-refractivity contribution in [2.24, 2.45) is 0 Å². The van der Waals surface area contributed by atoms with E-state index in [-0.39, 0.29) is 17.7 Å². The van der Waals surface area contributed by atoms with Crippen molar-refractivity contribution in [3.8, 4) is 0 Å². The molecule has 0 aliphatic carbocycles. The maximum atomic E-state index is 12.4. The molecule has 0 unspecified atom stereocenters. The minimum absolute atomic E-state index is 0.0370. The van der Waals surface area contributed by atoms with Gasteiger partial charge in [-0.25, -0.2) is 0 Å². The van der Waals surface area contributed by atoms with E-state index in [0.29, 0.717) is 19.4 Å². The normalized spacial score (nSPS) is 17.3. The van der Waals surface area contributed by atoms with E-state index in [4.69, 9.17) is 0 Å². The molecule has 2 aliphatic rings. The molecule has 0 saturated carbocycles. The highest BCUT2D eigenvalue weighted by molar-refractivity contribution is 5.97. The number of hydrogen-bond donors (Lipinski definition) is 1. The summed E-state index contributed by atoms with van der Waals surface area (Å²) in [7, 11) is 0. The Morgan fingerprint density at radius 2 is 1.86 bits per heavy atom. The summed E-state index contributed by atoms with van der Waals surface area (Å²) in [5.74, 6) is 0.169. The maximum Gasteiger partial charge on any atom is 0.224 e. The topological polar surface area (TPSA) is 69.7 Å². The van der Waals surface area contributed by atoms with Crippen LogP contribution in [0.25, 0.3) is 0 Å². The Balaban J connectivity index is 1.37. The van der Waals surface area contributed by atoms with E-state index in [9.17, 15) is 14.4 Å². The van der Waals surface area contributed by atoms with E-state index >= 15 is 0 Å². The first-order chi connectivity index (χ1) is 14.1. The summed E-state index contributed by atoms with van der Waals surface area (Å²) < 4.78 is 0. The highest BCUT2D eigenvalue weighted by Gasteiger charge is 2.27. The van der Waals surface area contributed by atoms with Gasteiger partial charge in [0.1, 0.15) is 0 Å². The monoisotopic (exact) mass is 391 g/mol. The fourth-order valence-electron chi connectivity index (χ4n) is 4.16. The number of amides is 2. The minimum atomic E-state index is 0.0370. The molecule has 2 aromatic carbocycles. The van der Waals surface area contributed by atoms with E-state index in [1.807, 2.05) is 48.5 Å². The Morgan fingerprint density at radius 3 is 2.59 bits per heavy atom. The number of hydrogen-bond acceptors (Lipinski definition) is 4. The van der Waals surface area contributed by atoms with Gasteiger partial charge in [-0.2, -0.15) is 0 Å². The number of rotatable bonds is 6. The number of Topliss-reactive ketones (excluding diaryl/α,β-unsaturated/α-hetero) is 1. The fraction of sp³-hybridized carbons (Fsp3) is 0.348. The molecule has 1 saturated heterocycles. The average molecular weight is 391 g/mol. The van der Waals surface area contributed by atoms with Crippen LogP contribution in [-0.4, -0.2) is 48.7 Å². The summed E-state index contributed by atoms with van der Waals surface area (Å²) in [4.78, 5) is 39.8. The zero-order valence-corrected chi connectivity index (χ0v) is 16.3. The third-order valence-electron chi connectivity index (χ3n) is 5.81. The molecule has 0 radical (unpaired) electrons. The second kappa shape index (κ2) is 8.57. The molecule has 6 nitrogen and oxygen atoms in total. The average Bonchev–Trinajstić information content (AvgIpc) is 2.76. The van der Waals surface area contributed by atoms with Crippen LogP contribution in [0, 0.1) is 0 Å². The van der Waals surface area contributed by atoms with Crippen molar-refractivity contribution in [3.63, 3.8) is 0 Å². The molecule has 2 aliphatic heterocycles. The van der Waals surface area contributed by atoms with Gasteiger partial charge in [0.25, 0.3) is 0 Å². The Labute approximate surface area is 170 Å². The van der Waals surface area contributed by atoms with Crippen molar-refractivity contribution in [2.45, 2.75) is 31.7 Å². The van der Waals surface area contributed by atoms with Crippen LogP contribution in [0.5, 0.6) is 0 Å². The van der Waals surface area contributed by atoms with E-state index in [1.54, 1.807) is 4.90 Å². The van der Waals surface area contributed by atoms with Crippen molar-refractivity contribution < 1.29 is 14.4 Å². The molecule has 0 aromatic heterocycles. The molecule has 2 heterocycles. The van der Waals surface area contributed by atoms with Crippen molar-refractivity contribution >= 4 is 29.5 Å². The number of carbonyl (C=O) groups is 3. The Bertz CT molecular complexity index is 905. The van der Waals surface area contributed by atoms with Gasteiger partial charge in [0.15, 0.2) is 5.78 Å². The molecule has 1 N–H and O–H groups in total. The van der Waals surface area contributed by atoms with Gasteiger partial charge >= 0.3 is 0 Å². The second-order valence-electron chi connectivity index (χ2n) is 7.70. The zero-order chi connectivity index (χ0) is 20.2. The predicted octanol–water partition coefficient (Wildman–Crippen LogP) is 2.88. The Hall–Kier alpha value is -2.99. The largest absolute Gasteiger partial charge is 0.326 e. The van der Waals surface area contributed by atoms with Crippen LogP contribution in [0.1, 0.15) is 35.2 Å². The molecule has 1 fully saturated rings. The number of anilines is 2. The summed E-state index contributed by atoms with van der Waals surface area (Å²) in [6.07, 6.45) is 3.73. The third kappa shape index (κ3) is 4.38. The molecule has 6 heteroatoms. The first kappa shape index (κ1) is 19.3. The third-order valence-corrected chi connectivity index (χ3v) is 5.81. The summed E-state index contributed by atoms with van der Waals surface area (Å²) in [6, 6.07) is 15.3. The number of aryl methyl sites for hydroxylation is 1. The number of nitrogens with zero attached hydrogens (tertiary/aromatic N) is 2. The molecule has 4 rings (SSSR count). The lowest BCUT2D eigenvalue weighted by Crippen LogP contribution is -2.46. The van der Waals surface area contributed by atoms with Crippen LogP contribution in [0.15, 0.2) is 48.5 Å². The van der Waals surface area contributed by atoms with Crippen molar-refractivity contribution in [3.05, 3.63) is 59.7 Å². The van der Waals surface area contributed by atoms with E-state index in [1.165, 1.54) is 0 Å². The van der Waals surface area contributed by atoms with Crippen molar-refractivity contribution in [1.82, 2.24) is 4.90 Å². The number of fused-ring (bicyclic) bond motifs is 1. The van der Waals surface area contributed by atoms with Crippen LogP contribution in [0.2, 0.25) is 0 Å².